The number of esters is 1. The molecule has 1 aromatic carbocycles. The van der Waals surface area contributed by atoms with Crippen LogP contribution in [0.5, 0.6) is 0 Å². The van der Waals surface area contributed by atoms with Gasteiger partial charge in [-0.25, -0.2) is 9.79 Å². The van der Waals surface area contributed by atoms with Crippen LogP contribution in [0.3, 0.4) is 0 Å². The molecule has 0 fully saturated rings. The van der Waals surface area contributed by atoms with Crippen molar-refractivity contribution in [1.82, 2.24) is 0 Å². The van der Waals surface area contributed by atoms with Gasteiger partial charge in [0.2, 0.25) is 5.90 Å². The monoisotopic (exact) mass is 299 g/mol. The minimum absolute atomic E-state index is 0.229. The molecule has 0 amide bonds. The van der Waals surface area contributed by atoms with Crippen LogP contribution >= 0.6 is 11.6 Å². The minimum Gasteiger partial charge on any atom is -0.465 e. The van der Waals surface area contributed by atoms with Crippen molar-refractivity contribution in [3.63, 3.8) is 0 Å². The van der Waals surface area contributed by atoms with Crippen LogP contribution in [-0.2, 0) is 9.53 Å². The van der Waals surface area contributed by atoms with Crippen molar-refractivity contribution < 1.29 is 13.9 Å². The van der Waals surface area contributed by atoms with Crippen LogP contribution in [0, 0.1) is 0 Å². The smallest absolute Gasteiger partial charge is 0.363 e. The lowest BCUT2D eigenvalue weighted by molar-refractivity contribution is -0.130. The quantitative estimate of drug-likeness (QED) is 0.639. The third-order valence-electron chi connectivity index (χ3n) is 2.75. The molecular weight excluding hydrogens is 290 g/mol. The van der Waals surface area contributed by atoms with E-state index in [1.807, 2.05) is 6.07 Å². The average Bonchev–Trinajstić information content (AvgIpc) is 3.10. The SMILES string of the molecule is O=C1OC(c2cccc(Cl)c2)=N/C1=C/C=C\c1ccco1. The first-order valence-corrected chi connectivity index (χ1v) is 6.59. The van der Waals surface area contributed by atoms with Crippen LogP contribution in [0.1, 0.15) is 11.3 Å². The molecule has 0 saturated carbocycles. The van der Waals surface area contributed by atoms with Gasteiger partial charge in [0.25, 0.3) is 0 Å². The van der Waals surface area contributed by atoms with Crippen molar-refractivity contribution in [2.75, 3.05) is 0 Å². The molecule has 0 N–H and O–H groups in total. The number of cyclic esters (lactones) is 1. The zero-order valence-electron chi connectivity index (χ0n) is 10.8. The highest BCUT2D eigenvalue weighted by molar-refractivity contribution is 6.31. The molecule has 0 bridgehead atoms. The van der Waals surface area contributed by atoms with Crippen LogP contribution in [0.25, 0.3) is 6.08 Å². The van der Waals surface area contributed by atoms with E-state index in [9.17, 15) is 4.79 Å². The first-order chi connectivity index (χ1) is 10.2. The maximum absolute atomic E-state index is 11.7. The molecule has 0 spiro atoms. The Morgan fingerprint density at radius 1 is 1.19 bits per heavy atom. The summed E-state index contributed by atoms with van der Waals surface area (Å²) in [6, 6.07) is 10.6. The van der Waals surface area contributed by atoms with E-state index in [0.717, 1.165) is 0 Å². The molecule has 1 aliphatic rings. The van der Waals surface area contributed by atoms with E-state index in [-0.39, 0.29) is 11.6 Å². The van der Waals surface area contributed by atoms with Gasteiger partial charge in [0.05, 0.1) is 6.26 Å². The Labute approximate surface area is 126 Å². The second kappa shape index (κ2) is 5.81. The summed E-state index contributed by atoms with van der Waals surface area (Å²) in [7, 11) is 0. The number of nitrogens with zero attached hydrogens (tertiary/aromatic N) is 1. The van der Waals surface area contributed by atoms with Gasteiger partial charge in [-0.3, -0.25) is 0 Å². The molecule has 2 heterocycles. The van der Waals surface area contributed by atoms with Crippen molar-refractivity contribution in [2.24, 2.45) is 4.99 Å². The van der Waals surface area contributed by atoms with E-state index in [4.69, 9.17) is 20.8 Å². The number of hydrogen-bond donors (Lipinski definition) is 0. The van der Waals surface area contributed by atoms with Crippen LogP contribution in [0.4, 0.5) is 0 Å². The molecule has 4 nitrogen and oxygen atoms in total. The van der Waals surface area contributed by atoms with E-state index in [0.29, 0.717) is 16.3 Å². The summed E-state index contributed by atoms with van der Waals surface area (Å²) in [5.41, 5.74) is 0.891. The lowest BCUT2D eigenvalue weighted by Gasteiger charge is -1.98. The fourth-order valence-electron chi connectivity index (χ4n) is 1.79. The average molecular weight is 300 g/mol. The van der Waals surface area contributed by atoms with Gasteiger partial charge in [-0.1, -0.05) is 23.7 Å². The van der Waals surface area contributed by atoms with Crippen molar-refractivity contribution in [3.8, 4) is 0 Å². The third kappa shape index (κ3) is 3.12. The van der Waals surface area contributed by atoms with Gasteiger partial charge in [-0.05, 0) is 42.5 Å². The molecule has 0 radical (unpaired) electrons. The Bertz CT molecular complexity index is 758. The van der Waals surface area contributed by atoms with Crippen LogP contribution in [0.2, 0.25) is 5.02 Å². The Kier molecular flexibility index (Phi) is 3.71. The fraction of sp³-hybridized carbons (Fsp3) is 0. The standard InChI is InChI=1S/C16H10ClNO3/c17-12-5-1-4-11(10-12)15-18-14(16(19)21-15)8-2-6-13-7-3-9-20-13/h1-10H/b6-2-,14-8+. The number of carbonyl (C=O) groups is 1. The number of aliphatic imine (C=N–C) groups is 1. The maximum Gasteiger partial charge on any atom is 0.363 e. The summed E-state index contributed by atoms with van der Waals surface area (Å²) >= 11 is 5.91. The minimum atomic E-state index is -0.492. The van der Waals surface area contributed by atoms with Gasteiger partial charge in [-0.15, -0.1) is 0 Å². The van der Waals surface area contributed by atoms with E-state index in [2.05, 4.69) is 4.99 Å². The van der Waals surface area contributed by atoms with E-state index < -0.39 is 5.97 Å². The predicted molar refractivity (Wildman–Crippen MR) is 79.9 cm³/mol. The molecule has 5 heteroatoms. The van der Waals surface area contributed by atoms with Gasteiger partial charge >= 0.3 is 5.97 Å². The number of ether oxygens (including phenoxy) is 1. The maximum atomic E-state index is 11.7. The summed E-state index contributed by atoms with van der Waals surface area (Å²) in [6.07, 6.45) is 6.56. The number of furan rings is 1. The van der Waals surface area contributed by atoms with E-state index >= 15 is 0 Å². The Balaban J connectivity index is 1.82. The van der Waals surface area contributed by atoms with Gasteiger partial charge < -0.3 is 9.15 Å². The molecule has 0 saturated heterocycles. The third-order valence-corrected chi connectivity index (χ3v) is 2.98. The van der Waals surface area contributed by atoms with Gasteiger partial charge in [-0.2, -0.15) is 0 Å². The summed E-state index contributed by atoms with van der Waals surface area (Å²) in [4.78, 5) is 15.9. The molecule has 104 valence electrons. The molecule has 0 unspecified atom stereocenters. The molecule has 0 atom stereocenters. The number of allylic oxidation sites excluding steroid dienone is 2. The Morgan fingerprint density at radius 3 is 2.86 bits per heavy atom. The Morgan fingerprint density at radius 2 is 2.10 bits per heavy atom. The van der Waals surface area contributed by atoms with Gasteiger partial charge in [0.1, 0.15) is 5.76 Å². The summed E-state index contributed by atoms with van der Waals surface area (Å²) in [5.74, 6) is 0.450. The van der Waals surface area contributed by atoms with Gasteiger partial charge in [0.15, 0.2) is 5.70 Å². The van der Waals surface area contributed by atoms with Crippen molar-refractivity contribution in [3.05, 3.63) is 76.9 Å². The lowest BCUT2D eigenvalue weighted by atomic mass is 10.2. The largest absolute Gasteiger partial charge is 0.465 e. The highest BCUT2D eigenvalue weighted by atomic mass is 35.5. The summed E-state index contributed by atoms with van der Waals surface area (Å²) in [5, 5.41) is 0.557. The topological polar surface area (TPSA) is 51.8 Å². The number of benzene rings is 1. The number of halogens is 1. The van der Waals surface area contributed by atoms with Crippen molar-refractivity contribution >= 4 is 29.5 Å². The van der Waals surface area contributed by atoms with Crippen LogP contribution in [0.15, 0.2) is 69.9 Å². The zero-order chi connectivity index (χ0) is 14.7. The second-order valence-electron chi connectivity index (χ2n) is 4.24. The fourth-order valence-corrected chi connectivity index (χ4v) is 1.98. The number of rotatable bonds is 3. The molecule has 2 aromatic rings. The second-order valence-corrected chi connectivity index (χ2v) is 4.68. The highest BCUT2D eigenvalue weighted by Crippen LogP contribution is 2.19. The van der Waals surface area contributed by atoms with E-state index in [1.54, 1.807) is 54.8 Å². The molecule has 0 aliphatic carbocycles. The van der Waals surface area contributed by atoms with E-state index in [1.165, 1.54) is 0 Å². The summed E-state index contributed by atoms with van der Waals surface area (Å²) in [6.45, 7) is 0. The first-order valence-electron chi connectivity index (χ1n) is 6.21. The van der Waals surface area contributed by atoms with Crippen LogP contribution in [-0.4, -0.2) is 11.9 Å². The molecule has 3 rings (SSSR count). The number of hydrogen-bond acceptors (Lipinski definition) is 4. The first kappa shape index (κ1) is 13.4. The van der Waals surface area contributed by atoms with Crippen LogP contribution < -0.4 is 0 Å². The number of carbonyl (C=O) groups excluding carboxylic acids is 1. The summed E-state index contributed by atoms with van der Waals surface area (Å²) < 4.78 is 10.3. The molecule has 21 heavy (non-hydrogen) atoms. The van der Waals surface area contributed by atoms with Gasteiger partial charge in [0, 0.05) is 10.6 Å². The molecule has 1 aromatic heterocycles. The Hall–Kier alpha value is -2.59. The molecular formula is C16H10ClNO3. The molecule has 1 aliphatic heterocycles. The normalized spacial score (nSPS) is 16.5. The van der Waals surface area contributed by atoms with Crippen molar-refractivity contribution in [1.29, 1.82) is 0 Å². The highest BCUT2D eigenvalue weighted by Gasteiger charge is 2.23. The predicted octanol–water partition coefficient (Wildman–Crippen LogP) is 3.83. The lowest BCUT2D eigenvalue weighted by Crippen LogP contribution is -2.05. The zero-order valence-corrected chi connectivity index (χ0v) is 11.6. The van der Waals surface area contributed by atoms with Crippen molar-refractivity contribution in [2.45, 2.75) is 0 Å².